The van der Waals surface area contributed by atoms with Crippen molar-refractivity contribution in [3.05, 3.63) is 70.8 Å². The van der Waals surface area contributed by atoms with Crippen LogP contribution in [0.5, 0.6) is 0 Å². The predicted molar refractivity (Wildman–Crippen MR) is 137 cm³/mol. The lowest BCUT2D eigenvalue weighted by atomic mass is 9.72. The van der Waals surface area contributed by atoms with Crippen LogP contribution in [0, 0.1) is 0 Å². The van der Waals surface area contributed by atoms with Crippen LogP contribution >= 0.6 is 0 Å². The molecule has 1 amide bonds. The van der Waals surface area contributed by atoms with E-state index in [0.717, 1.165) is 6.92 Å². The minimum atomic E-state index is -5.04. The minimum absolute atomic E-state index is 0.0393. The molecule has 41 heavy (non-hydrogen) atoms. The van der Waals surface area contributed by atoms with Gasteiger partial charge in [-0.2, -0.15) is 26.3 Å². The maximum absolute atomic E-state index is 13.5. The van der Waals surface area contributed by atoms with Crippen molar-refractivity contribution in [2.75, 3.05) is 13.1 Å². The standard InChI is InChI=1S/C29H33F6NO5/c1-18(20-15-22(28(30,31)32)17-23(16-20)29(33,34)35)39-24(40-19(2)37)27(21-9-7-6-8-10-21)11-13-36(14-12-27)25(38)41-26(3,4)5/h6-10,15-18,24H,11-14H2,1-5H3/t18-,24?/m1/s1. The van der Waals surface area contributed by atoms with E-state index in [9.17, 15) is 35.9 Å². The van der Waals surface area contributed by atoms with Gasteiger partial charge in [-0.25, -0.2) is 4.79 Å². The van der Waals surface area contributed by atoms with Crippen molar-refractivity contribution in [3.63, 3.8) is 0 Å². The highest BCUT2D eigenvalue weighted by atomic mass is 19.4. The molecule has 0 aliphatic carbocycles. The van der Waals surface area contributed by atoms with Crippen LogP contribution in [-0.4, -0.2) is 41.9 Å². The first kappa shape index (κ1) is 32.2. The maximum atomic E-state index is 13.5. The summed E-state index contributed by atoms with van der Waals surface area (Å²) in [7, 11) is 0. The Balaban J connectivity index is 2.01. The van der Waals surface area contributed by atoms with Gasteiger partial charge >= 0.3 is 24.4 Å². The number of hydrogen-bond acceptors (Lipinski definition) is 5. The Labute approximate surface area is 234 Å². The summed E-state index contributed by atoms with van der Waals surface area (Å²) in [5.41, 5.74) is -4.49. The van der Waals surface area contributed by atoms with Crippen LogP contribution in [0.1, 0.15) is 75.8 Å². The lowest BCUT2D eigenvalue weighted by Crippen LogP contribution is -2.53. The van der Waals surface area contributed by atoms with E-state index in [1.165, 1.54) is 11.8 Å². The summed E-state index contributed by atoms with van der Waals surface area (Å²) in [6, 6.07) is 9.99. The highest BCUT2D eigenvalue weighted by molar-refractivity contribution is 5.68. The van der Waals surface area contributed by atoms with Gasteiger partial charge < -0.3 is 19.1 Å². The van der Waals surface area contributed by atoms with E-state index in [2.05, 4.69) is 0 Å². The number of likely N-dealkylation sites (tertiary alicyclic amines) is 1. The molecule has 2 aromatic carbocycles. The zero-order chi connectivity index (χ0) is 30.8. The van der Waals surface area contributed by atoms with Gasteiger partial charge in [-0.1, -0.05) is 30.3 Å². The molecule has 0 bridgehead atoms. The molecule has 0 saturated carbocycles. The quantitative estimate of drug-likeness (QED) is 0.197. The summed E-state index contributed by atoms with van der Waals surface area (Å²) < 4.78 is 98.0. The second kappa shape index (κ2) is 11.9. The van der Waals surface area contributed by atoms with Gasteiger partial charge in [0.2, 0.25) is 6.29 Å². The second-order valence-corrected chi connectivity index (χ2v) is 11.0. The zero-order valence-electron chi connectivity index (χ0n) is 23.4. The second-order valence-electron chi connectivity index (χ2n) is 11.0. The molecule has 1 fully saturated rings. The molecule has 1 aliphatic rings. The summed E-state index contributed by atoms with van der Waals surface area (Å²) >= 11 is 0. The predicted octanol–water partition coefficient (Wildman–Crippen LogP) is 7.66. The highest BCUT2D eigenvalue weighted by Gasteiger charge is 2.48. The van der Waals surface area contributed by atoms with Crippen molar-refractivity contribution in [3.8, 4) is 0 Å². The van der Waals surface area contributed by atoms with Crippen LogP contribution in [-0.2, 0) is 36.8 Å². The van der Waals surface area contributed by atoms with Crippen LogP contribution in [0.15, 0.2) is 48.5 Å². The smallest absolute Gasteiger partial charge is 0.416 e. The first-order valence-corrected chi connectivity index (χ1v) is 13.0. The number of piperidine rings is 1. The van der Waals surface area contributed by atoms with Crippen LogP contribution in [0.25, 0.3) is 0 Å². The number of benzene rings is 2. The Bertz CT molecular complexity index is 1180. The minimum Gasteiger partial charge on any atom is -0.444 e. The van der Waals surface area contributed by atoms with Crippen LogP contribution in [0.2, 0.25) is 0 Å². The fourth-order valence-corrected chi connectivity index (χ4v) is 4.74. The molecule has 0 spiro atoms. The summed E-state index contributed by atoms with van der Waals surface area (Å²) in [6.07, 6.45) is -12.9. The van der Waals surface area contributed by atoms with E-state index < -0.39 is 64.5 Å². The molecule has 226 valence electrons. The van der Waals surface area contributed by atoms with Gasteiger partial charge in [-0.15, -0.1) is 0 Å². The van der Waals surface area contributed by atoms with Crippen molar-refractivity contribution < 1.29 is 50.1 Å². The number of carbonyl (C=O) groups excluding carboxylic acids is 2. The lowest BCUT2D eigenvalue weighted by molar-refractivity contribution is -0.214. The summed E-state index contributed by atoms with van der Waals surface area (Å²) in [5.74, 6) is -0.757. The van der Waals surface area contributed by atoms with Crippen molar-refractivity contribution in [2.45, 2.75) is 83.2 Å². The summed E-state index contributed by atoms with van der Waals surface area (Å²) in [4.78, 5) is 26.4. The van der Waals surface area contributed by atoms with E-state index in [1.54, 1.807) is 51.1 Å². The number of hydrogen-bond donors (Lipinski definition) is 0. The molecule has 1 heterocycles. The maximum Gasteiger partial charge on any atom is 0.416 e. The molecule has 1 unspecified atom stereocenters. The Morgan fingerprint density at radius 1 is 0.878 bits per heavy atom. The van der Waals surface area contributed by atoms with E-state index in [4.69, 9.17) is 14.2 Å². The molecular formula is C29H33F6NO5. The third-order valence-corrected chi connectivity index (χ3v) is 6.79. The van der Waals surface area contributed by atoms with Gasteiger partial charge in [0.05, 0.1) is 22.6 Å². The Morgan fingerprint density at radius 2 is 1.39 bits per heavy atom. The molecule has 1 aliphatic heterocycles. The third-order valence-electron chi connectivity index (χ3n) is 6.79. The fraction of sp³-hybridized carbons (Fsp3) is 0.517. The number of ether oxygens (including phenoxy) is 3. The summed E-state index contributed by atoms with van der Waals surface area (Å²) in [5, 5.41) is 0. The number of rotatable bonds is 6. The van der Waals surface area contributed by atoms with Crippen molar-refractivity contribution >= 4 is 12.1 Å². The lowest BCUT2D eigenvalue weighted by Gasteiger charge is -2.46. The first-order chi connectivity index (χ1) is 18.8. The molecular weight excluding hydrogens is 556 g/mol. The van der Waals surface area contributed by atoms with Gasteiger partial charge in [-0.05, 0) is 69.9 Å². The molecule has 1 saturated heterocycles. The van der Waals surface area contributed by atoms with Crippen molar-refractivity contribution in [2.24, 2.45) is 0 Å². The number of nitrogens with zero attached hydrogens (tertiary/aromatic N) is 1. The topological polar surface area (TPSA) is 65.1 Å². The van der Waals surface area contributed by atoms with Gasteiger partial charge in [0.1, 0.15) is 5.60 Å². The first-order valence-electron chi connectivity index (χ1n) is 13.0. The molecule has 2 aromatic rings. The van der Waals surface area contributed by atoms with Gasteiger partial charge in [-0.3, -0.25) is 4.79 Å². The van der Waals surface area contributed by atoms with Crippen molar-refractivity contribution in [1.29, 1.82) is 0 Å². The molecule has 0 N–H and O–H groups in total. The van der Waals surface area contributed by atoms with Gasteiger partial charge in [0, 0.05) is 20.0 Å². The molecule has 0 aromatic heterocycles. The number of amides is 1. The van der Waals surface area contributed by atoms with Gasteiger partial charge in [0.15, 0.2) is 0 Å². The molecule has 3 rings (SSSR count). The third kappa shape index (κ3) is 8.15. The molecule has 6 nitrogen and oxygen atoms in total. The van der Waals surface area contributed by atoms with Crippen LogP contribution in [0.4, 0.5) is 31.1 Å². The number of carbonyl (C=O) groups is 2. The van der Waals surface area contributed by atoms with Gasteiger partial charge in [0.25, 0.3) is 0 Å². The van der Waals surface area contributed by atoms with E-state index >= 15 is 0 Å². The summed E-state index contributed by atoms with van der Waals surface area (Å²) in [6.45, 7) is 7.94. The average Bonchev–Trinajstić information content (AvgIpc) is 2.86. The fourth-order valence-electron chi connectivity index (χ4n) is 4.74. The van der Waals surface area contributed by atoms with E-state index in [0.29, 0.717) is 17.7 Å². The zero-order valence-corrected chi connectivity index (χ0v) is 23.4. The number of alkyl halides is 6. The molecule has 2 atom stereocenters. The SMILES string of the molecule is CC(=O)OC(O[C@H](C)c1cc(C(F)(F)F)cc(C(F)(F)F)c1)C1(c2ccccc2)CCN(C(=O)OC(C)(C)C)CC1. The molecule has 12 heteroatoms. The van der Waals surface area contributed by atoms with Crippen LogP contribution < -0.4 is 0 Å². The monoisotopic (exact) mass is 589 g/mol. The largest absolute Gasteiger partial charge is 0.444 e. The Hall–Kier alpha value is -3.28. The molecule has 0 radical (unpaired) electrons. The Morgan fingerprint density at radius 3 is 1.83 bits per heavy atom. The number of halogens is 6. The normalized spacial score (nSPS) is 17.5. The highest BCUT2D eigenvalue weighted by Crippen LogP contribution is 2.44. The van der Waals surface area contributed by atoms with Crippen molar-refractivity contribution in [1.82, 2.24) is 4.90 Å². The number of esters is 1. The van der Waals surface area contributed by atoms with E-state index in [1.807, 2.05) is 0 Å². The van der Waals surface area contributed by atoms with Crippen LogP contribution in [0.3, 0.4) is 0 Å². The average molecular weight is 590 g/mol. The Kier molecular flexibility index (Phi) is 9.36. The van der Waals surface area contributed by atoms with E-state index in [-0.39, 0.29) is 32.0 Å².